The Hall–Kier alpha value is -1.14. The van der Waals surface area contributed by atoms with Crippen molar-refractivity contribution in [3.63, 3.8) is 0 Å². The Bertz CT molecular complexity index is 283. The first-order valence-corrected chi connectivity index (χ1v) is 5.84. The van der Waals surface area contributed by atoms with Crippen LogP contribution in [0.1, 0.15) is 13.3 Å². The average Bonchev–Trinajstić information content (AvgIpc) is 2.29. The van der Waals surface area contributed by atoms with Gasteiger partial charge in [0.2, 0.25) is 5.91 Å². The van der Waals surface area contributed by atoms with E-state index >= 15 is 0 Å². The Morgan fingerprint density at radius 2 is 2.24 bits per heavy atom. The third-order valence-corrected chi connectivity index (χ3v) is 2.96. The molecular formula is C11H20N2O4. The van der Waals surface area contributed by atoms with E-state index in [1.54, 1.807) is 4.90 Å². The molecule has 0 bridgehead atoms. The largest absolute Gasteiger partial charge is 0.480 e. The molecule has 1 amide bonds. The number of carboxylic acid groups (broad SMARTS) is 1. The number of nitrogens with zero attached hydrogens (tertiary/aromatic N) is 2. The molecule has 0 aliphatic carbocycles. The Balaban J connectivity index is 2.36. The third kappa shape index (κ3) is 3.98. The molecule has 1 rings (SSSR count). The van der Waals surface area contributed by atoms with Crippen LogP contribution in [-0.2, 0) is 14.3 Å². The highest BCUT2D eigenvalue weighted by Gasteiger charge is 2.30. The second-order valence-corrected chi connectivity index (χ2v) is 4.17. The maximum atomic E-state index is 11.9. The van der Waals surface area contributed by atoms with Gasteiger partial charge in [-0.3, -0.25) is 9.69 Å². The zero-order valence-corrected chi connectivity index (χ0v) is 10.4. The molecule has 98 valence electrons. The topological polar surface area (TPSA) is 70.1 Å². The lowest BCUT2D eigenvalue weighted by Crippen LogP contribution is -2.56. The predicted octanol–water partition coefficient (Wildman–Crippen LogP) is -0.360. The van der Waals surface area contributed by atoms with Crippen molar-refractivity contribution in [2.45, 2.75) is 19.4 Å². The van der Waals surface area contributed by atoms with Crippen LogP contribution in [-0.4, -0.2) is 72.7 Å². The number of aliphatic carboxylic acids is 1. The molecule has 1 heterocycles. The number of carbonyl (C=O) groups is 2. The van der Waals surface area contributed by atoms with Crippen LogP contribution in [0.3, 0.4) is 0 Å². The van der Waals surface area contributed by atoms with E-state index in [1.807, 2.05) is 14.0 Å². The quantitative estimate of drug-likeness (QED) is 0.646. The molecule has 6 nitrogen and oxygen atoms in total. The molecule has 17 heavy (non-hydrogen) atoms. The maximum Gasteiger partial charge on any atom is 0.329 e. The van der Waals surface area contributed by atoms with Gasteiger partial charge in [-0.1, -0.05) is 6.92 Å². The van der Waals surface area contributed by atoms with E-state index in [4.69, 9.17) is 9.84 Å². The van der Waals surface area contributed by atoms with Gasteiger partial charge in [0.1, 0.15) is 6.61 Å². The van der Waals surface area contributed by atoms with E-state index in [1.165, 1.54) is 0 Å². The molecule has 1 aliphatic rings. The molecule has 0 saturated carbocycles. The Morgan fingerprint density at radius 3 is 2.82 bits per heavy atom. The third-order valence-electron chi connectivity index (χ3n) is 2.96. The zero-order chi connectivity index (χ0) is 12.8. The number of likely N-dealkylation sites (N-methyl/N-ethyl adjacent to an activating group) is 1. The molecule has 0 unspecified atom stereocenters. The fourth-order valence-electron chi connectivity index (χ4n) is 2.00. The molecule has 0 spiro atoms. The van der Waals surface area contributed by atoms with Crippen LogP contribution in [0.2, 0.25) is 0 Å². The van der Waals surface area contributed by atoms with E-state index in [-0.39, 0.29) is 18.6 Å². The lowest BCUT2D eigenvalue weighted by Gasteiger charge is -2.38. The van der Waals surface area contributed by atoms with Gasteiger partial charge in [-0.25, -0.2) is 4.79 Å². The number of piperazine rings is 1. The molecular weight excluding hydrogens is 224 g/mol. The highest BCUT2D eigenvalue weighted by Crippen LogP contribution is 2.12. The number of ether oxygens (including phenoxy) is 1. The molecule has 0 radical (unpaired) electrons. The van der Waals surface area contributed by atoms with Gasteiger partial charge in [0.25, 0.3) is 0 Å². The van der Waals surface area contributed by atoms with Gasteiger partial charge in [0.15, 0.2) is 0 Å². The molecule has 0 aromatic carbocycles. The van der Waals surface area contributed by atoms with Gasteiger partial charge >= 0.3 is 5.97 Å². The fourth-order valence-corrected chi connectivity index (χ4v) is 2.00. The number of rotatable bonds is 6. The molecule has 1 fully saturated rings. The summed E-state index contributed by atoms with van der Waals surface area (Å²) in [4.78, 5) is 25.9. The summed E-state index contributed by atoms with van der Waals surface area (Å²) in [5.74, 6) is -0.830. The first-order valence-electron chi connectivity index (χ1n) is 5.84. The molecule has 6 heteroatoms. The normalized spacial score (nSPS) is 21.9. The first-order chi connectivity index (χ1) is 8.06. The highest BCUT2D eigenvalue weighted by molar-refractivity contribution is 5.82. The summed E-state index contributed by atoms with van der Waals surface area (Å²) in [6, 6.07) is -0.0952. The second-order valence-electron chi connectivity index (χ2n) is 4.17. The van der Waals surface area contributed by atoms with E-state index in [9.17, 15) is 9.59 Å². The van der Waals surface area contributed by atoms with Crippen LogP contribution in [0.15, 0.2) is 0 Å². The monoisotopic (exact) mass is 244 g/mol. The van der Waals surface area contributed by atoms with Gasteiger partial charge in [-0.05, 0) is 6.42 Å². The SMILES string of the molecule is CC[C@@H]1C(=O)N(C)CCN1CCOCC(=O)O. The summed E-state index contributed by atoms with van der Waals surface area (Å²) in [6.45, 7) is 4.18. The first kappa shape index (κ1) is 13.9. The Morgan fingerprint density at radius 1 is 1.53 bits per heavy atom. The van der Waals surface area contributed by atoms with E-state index in [0.29, 0.717) is 19.7 Å². The minimum absolute atomic E-state index is 0.0952. The van der Waals surface area contributed by atoms with E-state index < -0.39 is 5.97 Å². The van der Waals surface area contributed by atoms with Crippen molar-refractivity contribution in [2.24, 2.45) is 0 Å². The summed E-state index contributed by atoms with van der Waals surface area (Å²) in [5, 5.41) is 8.43. The fraction of sp³-hybridized carbons (Fsp3) is 0.818. The lowest BCUT2D eigenvalue weighted by molar-refractivity contribution is -0.144. The zero-order valence-electron chi connectivity index (χ0n) is 10.4. The second kappa shape index (κ2) is 6.56. The maximum absolute atomic E-state index is 11.9. The Labute approximate surface area is 101 Å². The number of hydrogen-bond acceptors (Lipinski definition) is 4. The van der Waals surface area contributed by atoms with Gasteiger partial charge in [0.05, 0.1) is 12.6 Å². The van der Waals surface area contributed by atoms with Gasteiger partial charge in [-0.2, -0.15) is 0 Å². The van der Waals surface area contributed by atoms with Gasteiger partial charge in [-0.15, -0.1) is 0 Å². The van der Waals surface area contributed by atoms with E-state index in [2.05, 4.69) is 4.90 Å². The van der Waals surface area contributed by atoms with Gasteiger partial charge < -0.3 is 14.7 Å². The summed E-state index contributed by atoms with van der Waals surface area (Å²) < 4.78 is 4.99. The van der Waals surface area contributed by atoms with Crippen LogP contribution >= 0.6 is 0 Å². The molecule has 1 N–H and O–H groups in total. The number of carbonyl (C=O) groups excluding carboxylic acids is 1. The lowest BCUT2D eigenvalue weighted by atomic mass is 10.1. The van der Waals surface area contributed by atoms with Crippen molar-refractivity contribution in [1.82, 2.24) is 9.80 Å². The van der Waals surface area contributed by atoms with Crippen molar-refractivity contribution in [2.75, 3.05) is 39.9 Å². The molecule has 1 atom stereocenters. The molecule has 0 aromatic heterocycles. The van der Waals surface area contributed by atoms with Crippen molar-refractivity contribution >= 4 is 11.9 Å². The summed E-state index contributed by atoms with van der Waals surface area (Å²) in [6.07, 6.45) is 0.766. The van der Waals surface area contributed by atoms with Crippen molar-refractivity contribution < 1.29 is 19.4 Å². The molecule has 1 saturated heterocycles. The van der Waals surface area contributed by atoms with Crippen molar-refractivity contribution in [3.8, 4) is 0 Å². The average molecular weight is 244 g/mol. The smallest absolute Gasteiger partial charge is 0.329 e. The summed E-state index contributed by atoms with van der Waals surface area (Å²) in [7, 11) is 1.81. The van der Waals surface area contributed by atoms with Crippen molar-refractivity contribution in [1.29, 1.82) is 0 Å². The minimum Gasteiger partial charge on any atom is -0.480 e. The predicted molar refractivity (Wildman–Crippen MR) is 61.7 cm³/mol. The Kier molecular flexibility index (Phi) is 5.37. The van der Waals surface area contributed by atoms with Gasteiger partial charge in [0, 0.05) is 26.7 Å². The molecule has 1 aliphatic heterocycles. The molecule has 0 aromatic rings. The van der Waals surface area contributed by atoms with E-state index in [0.717, 1.165) is 13.0 Å². The number of hydrogen-bond donors (Lipinski definition) is 1. The summed E-state index contributed by atoms with van der Waals surface area (Å²) >= 11 is 0. The van der Waals surface area contributed by atoms with Crippen LogP contribution in [0.5, 0.6) is 0 Å². The van der Waals surface area contributed by atoms with Crippen LogP contribution in [0.25, 0.3) is 0 Å². The van der Waals surface area contributed by atoms with Crippen LogP contribution in [0, 0.1) is 0 Å². The number of amides is 1. The van der Waals surface area contributed by atoms with Crippen molar-refractivity contribution in [3.05, 3.63) is 0 Å². The van der Waals surface area contributed by atoms with Crippen LogP contribution < -0.4 is 0 Å². The summed E-state index contributed by atoms with van der Waals surface area (Å²) in [5.41, 5.74) is 0. The highest BCUT2D eigenvalue weighted by atomic mass is 16.5. The minimum atomic E-state index is -0.966. The standard InChI is InChI=1S/C11H20N2O4/c1-3-9-11(16)12(2)4-5-13(9)6-7-17-8-10(14)15/h9H,3-8H2,1-2H3,(H,14,15)/t9-/m1/s1. The van der Waals surface area contributed by atoms with Crippen LogP contribution in [0.4, 0.5) is 0 Å². The number of carboxylic acids is 1.